The quantitative estimate of drug-likeness (QED) is 0.587. The van der Waals surface area contributed by atoms with Gasteiger partial charge in [-0.2, -0.15) is 11.8 Å². The van der Waals surface area contributed by atoms with E-state index in [2.05, 4.69) is 0 Å². The Morgan fingerprint density at radius 1 is 1.42 bits per heavy atom. The van der Waals surface area contributed by atoms with Gasteiger partial charge in [0.15, 0.2) is 0 Å². The molecule has 0 aliphatic rings. The lowest BCUT2D eigenvalue weighted by Crippen LogP contribution is -1.95. The van der Waals surface area contributed by atoms with E-state index < -0.39 is 5.97 Å². The average Bonchev–Trinajstić information content (AvgIpc) is 2.41. The minimum absolute atomic E-state index is 0.714. The maximum atomic E-state index is 10.5. The summed E-state index contributed by atoms with van der Waals surface area (Å²) in [6, 6.07) is 5.63. The van der Waals surface area contributed by atoms with E-state index in [1.165, 1.54) is 0 Å². The first-order valence-electron chi connectivity index (χ1n) is 5.82. The number of carboxylic acid groups (broad SMARTS) is 1. The van der Waals surface area contributed by atoms with E-state index in [0.717, 1.165) is 34.5 Å². The molecule has 0 spiro atoms. The molecule has 0 bridgehead atoms. The number of thioether (sulfide) groups is 1. The van der Waals surface area contributed by atoms with E-state index in [-0.39, 0.29) is 0 Å². The van der Waals surface area contributed by atoms with Crippen LogP contribution in [0.1, 0.15) is 11.1 Å². The van der Waals surface area contributed by atoms with Crippen LogP contribution in [0.5, 0.6) is 5.75 Å². The molecule has 0 radical (unpaired) electrons. The Balaban J connectivity index is 2.75. The lowest BCUT2D eigenvalue weighted by molar-refractivity contribution is -0.131. The van der Waals surface area contributed by atoms with Gasteiger partial charge in [0, 0.05) is 30.3 Å². The van der Waals surface area contributed by atoms with Gasteiger partial charge in [0.05, 0.1) is 13.7 Å². The van der Waals surface area contributed by atoms with Crippen molar-refractivity contribution in [3.63, 3.8) is 0 Å². The van der Waals surface area contributed by atoms with Crippen LogP contribution in [-0.2, 0) is 15.3 Å². The Labute approximate surface area is 117 Å². The van der Waals surface area contributed by atoms with Crippen molar-refractivity contribution in [3.8, 4) is 5.75 Å². The number of carboxylic acids is 1. The van der Waals surface area contributed by atoms with Crippen molar-refractivity contribution in [3.05, 3.63) is 35.4 Å². The smallest absolute Gasteiger partial charge is 0.328 e. The van der Waals surface area contributed by atoms with Gasteiger partial charge in [0.25, 0.3) is 0 Å². The summed E-state index contributed by atoms with van der Waals surface area (Å²) in [7, 11) is 3.31. The standard InChI is InChI=1S/C14H18O4S/c1-17-7-8-19-10-12-9-11(4-6-14(15)16)3-5-13(12)18-2/h3-6,9H,7-8,10H2,1-2H3,(H,15,16). The topological polar surface area (TPSA) is 55.8 Å². The van der Waals surface area contributed by atoms with E-state index in [9.17, 15) is 4.79 Å². The van der Waals surface area contributed by atoms with Crippen LogP contribution in [-0.4, -0.2) is 37.7 Å². The summed E-state index contributed by atoms with van der Waals surface area (Å²) in [5.74, 6) is 1.58. The Bertz CT molecular complexity index is 443. The second-order valence-electron chi connectivity index (χ2n) is 3.79. The average molecular weight is 282 g/mol. The summed E-state index contributed by atoms with van der Waals surface area (Å²) in [6.07, 6.45) is 2.70. The number of methoxy groups -OCH3 is 2. The van der Waals surface area contributed by atoms with Gasteiger partial charge >= 0.3 is 5.97 Å². The molecule has 19 heavy (non-hydrogen) atoms. The summed E-state index contributed by atoms with van der Waals surface area (Å²) < 4.78 is 10.3. The summed E-state index contributed by atoms with van der Waals surface area (Å²) >= 11 is 1.75. The molecule has 0 fully saturated rings. The fourth-order valence-corrected chi connectivity index (χ4v) is 2.38. The van der Waals surface area contributed by atoms with Crippen LogP contribution in [0, 0.1) is 0 Å². The number of aliphatic carboxylic acids is 1. The van der Waals surface area contributed by atoms with Crippen LogP contribution in [0.25, 0.3) is 6.08 Å². The van der Waals surface area contributed by atoms with E-state index in [0.29, 0.717) is 6.61 Å². The van der Waals surface area contributed by atoms with Gasteiger partial charge in [-0.25, -0.2) is 4.79 Å². The molecular formula is C14H18O4S. The van der Waals surface area contributed by atoms with Crippen LogP contribution in [0.2, 0.25) is 0 Å². The number of hydrogen-bond acceptors (Lipinski definition) is 4. The van der Waals surface area contributed by atoms with Crippen LogP contribution < -0.4 is 4.74 Å². The number of benzene rings is 1. The maximum absolute atomic E-state index is 10.5. The molecule has 0 aliphatic carbocycles. The highest BCUT2D eigenvalue weighted by molar-refractivity contribution is 7.98. The van der Waals surface area contributed by atoms with E-state index in [1.54, 1.807) is 32.1 Å². The van der Waals surface area contributed by atoms with Crippen molar-refractivity contribution in [1.82, 2.24) is 0 Å². The van der Waals surface area contributed by atoms with Crippen molar-refractivity contribution >= 4 is 23.8 Å². The zero-order chi connectivity index (χ0) is 14.1. The Morgan fingerprint density at radius 2 is 2.21 bits per heavy atom. The van der Waals surface area contributed by atoms with Gasteiger partial charge in [0.1, 0.15) is 5.75 Å². The summed E-state index contributed by atoms with van der Waals surface area (Å²) in [4.78, 5) is 10.5. The number of ether oxygens (including phenoxy) is 2. The first-order valence-corrected chi connectivity index (χ1v) is 6.97. The highest BCUT2D eigenvalue weighted by atomic mass is 32.2. The molecule has 5 heteroatoms. The fourth-order valence-electron chi connectivity index (χ4n) is 1.51. The van der Waals surface area contributed by atoms with Gasteiger partial charge in [-0.3, -0.25) is 0 Å². The number of hydrogen-bond donors (Lipinski definition) is 1. The zero-order valence-electron chi connectivity index (χ0n) is 11.1. The molecule has 1 aromatic carbocycles. The van der Waals surface area contributed by atoms with Crippen LogP contribution in [0.15, 0.2) is 24.3 Å². The van der Waals surface area contributed by atoms with Crippen molar-refractivity contribution in [2.75, 3.05) is 26.6 Å². The molecule has 1 N–H and O–H groups in total. The van der Waals surface area contributed by atoms with Crippen molar-refractivity contribution in [1.29, 1.82) is 0 Å². The number of rotatable bonds is 8. The summed E-state index contributed by atoms with van der Waals surface area (Å²) in [5, 5.41) is 8.62. The largest absolute Gasteiger partial charge is 0.496 e. The molecule has 1 aromatic rings. The molecule has 0 aromatic heterocycles. The zero-order valence-corrected chi connectivity index (χ0v) is 11.9. The maximum Gasteiger partial charge on any atom is 0.328 e. The van der Waals surface area contributed by atoms with Gasteiger partial charge in [-0.05, 0) is 23.8 Å². The van der Waals surface area contributed by atoms with E-state index >= 15 is 0 Å². The van der Waals surface area contributed by atoms with Crippen molar-refractivity contribution < 1.29 is 19.4 Å². The molecule has 1 rings (SSSR count). The lowest BCUT2D eigenvalue weighted by atomic mass is 10.1. The second kappa shape index (κ2) is 8.61. The molecule has 0 saturated heterocycles. The Morgan fingerprint density at radius 3 is 2.84 bits per heavy atom. The SMILES string of the molecule is COCCSCc1cc(C=CC(=O)O)ccc1OC. The molecule has 0 atom stereocenters. The van der Waals surface area contributed by atoms with Crippen molar-refractivity contribution in [2.24, 2.45) is 0 Å². The normalized spacial score (nSPS) is 10.8. The Kier molecular flexibility index (Phi) is 7.07. The first kappa shape index (κ1) is 15.6. The first-order chi connectivity index (χ1) is 9.17. The number of carbonyl (C=O) groups is 1. The molecule has 0 unspecified atom stereocenters. The van der Waals surface area contributed by atoms with Gasteiger partial charge < -0.3 is 14.6 Å². The molecule has 0 amide bonds. The van der Waals surface area contributed by atoms with Crippen LogP contribution in [0.4, 0.5) is 0 Å². The molecule has 0 heterocycles. The Hall–Kier alpha value is -1.46. The lowest BCUT2D eigenvalue weighted by Gasteiger charge is -2.09. The molecular weight excluding hydrogens is 264 g/mol. The summed E-state index contributed by atoms with van der Waals surface area (Å²) in [5.41, 5.74) is 1.90. The van der Waals surface area contributed by atoms with Crippen LogP contribution in [0.3, 0.4) is 0 Å². The van der Waals surface area contributed by atoms with Crippen LogP contribution >= 0.6 is 11.8 Å². The third-order valence-electron chi connectivity index (χ3n) is 2.41. The molecule has 0 saturated carbocycles. The second-order valence-corrected chi connectivity index (χ2v) is 4.89. The van der Waals surface area contributed by atoms with Crippen molar-refractivity contribution in [2.45, 2.75) is 5.75 Å². The predicted molar refractivity (Wildman–Crippen MR) is 77.7 cm³/mol. The highest BCUT2D eigenvalue weighted by Gasteiger charge is 2.04. The van der Waals surface area contributed by atoms with E-state index in [4.69, 9.17) is 14.6 Å². The van der Waals surface area contributed by atoms with Gasteiger partial charge in [-0.1, -0.05) is 6.07 Å². The third-order valence-corrected chi connectivity index (χ3v) is 3.38. The summed E-state index contributed by atoms with van der Waals surface area (Å²) in [6.45, 7) is 0.714. The monoisotopic (exact) mass is 282 g/mol. The third kappa shape index (κ3) is 5.81. The molecule has 4 nitrogen and oxygen atoms in total. The molecule has 104 valence electrons. The predicted octanol–water partition coefficient (Wildman–Crippen LogP) is 2.67. The van der Waals surface area contributed by atoms with Gasteiger partial charge in [0.2, 0.25) is 0 Å². The minimum Gasteiger partial charge on any atom is -0.496 e. The minimum atomic E-state index is -0.952. The molecule has 0 aliphatic heterocycles. The van der Waals surface area contributed by atoms with E-state index in [1.807, 2.05) is 18.2 Å². The van der Waals surface area contributed by atoms with Gasteiger partial charge in [-0.15, -0.1) is 0 Å². The highest BCUT2D eigenvalue weighted by Crippen LogP contribution is 2.25. The fraction of sp³-hybridized carbons (Fsp3) is 0.357.